The second-order valence-electron chi connectivity index (χ2n) is 4.92. The molecule has 5 heteroatoms. The Morgan fingerprint density at radius 1 is 1.14 bits per heavy atom. The highest BCUT2D eigenvalue weighted by Crippen LogP contribution is 2.33. The zero-order valence-corrected chi connectivity index (χ0v) is 12.7. The number of halogens is 1. The van der Waals surface area contributed by atoms with Crippen LogP contribution >= 0.6 is 11.6 Å². The third-order valence-corrected chi connectivity index (χ3v) is 3.85. The molecule has 0 N–H and O–H groups in total. The van der Waals surface area contributed by atoms with Gasteiger partial charge < -0.3 is 9.57 Å². The van der Waals surface area contributed by atoms with Crippen molar-refractivity contribution < 1.29 is 14.4 Å². The minimum Gasteiger partial charge on any atom is -0.466 e. The summed E-state index contributed by atoms with van der Waals surface area (Å²) in [6.45, 7) is 0. The summed E-state index contributed by atoms with van der Waals surface area (Å²) < 4.78 is 4.83. The van der Waals surface area contributed by atoms with Gasteiger partial charge in [0, 0.05) is 10.6 Å². The topological polar surface area (TPSA) is 47.9 Å². The minimum atomic E-state index is -0.780. The highest BCUT2D eigenvalue weighted by atomic mass is 35.5. The lowest BCUT2D eigenvalue weighted by Gasteiger charge is -2.17. The fourth-order valence-corrected chi connectivity index (χ4v) is 2.64. The van der Waals surface area contributed by atoms with Gasteiger partial charge in [0.2, 0.25) is 6.10 Å². The van der Waals surface area contributed by atoms with Crippen LogP contribution in [0.25, 0.3) is 0 Å². The van der Waals surface area contributed by atoms with Crippen LogP contribution in [0, 0.1) is 0 Å². The molecule has 0 radical (unpaired) electrons. The minimum absolute atomic E-state index is 0.310. The van der Waals surface area contributed by atoms with Crippen molar-refractivity contribution >= 4 is 23.3 Å². The molecule has 0 spiro atoms. The molecule has 2 aromatic carbocycles. The number of oxime groups is 1. The highest BCUT2D eigenvalue weighted by Gasteiger charge is 2.41. The van der Waals surface area contributed by atoms with Crippen LogP contribution in [0.1, 0.15) is 17.0 Å². The largest absolute Gasteiger partial charge is 0.466 e. The summed E-state index contributed by atoms with van der Waals surface area (Å²) in [5.74, 6) is -0.753. The van der Waals surface area contributed by atoms with Crippen molar-refractivity contribution in [1.82, 2.24) is 0 Å². The predicted molar refractivity (Wildman–Crippen MR) is 84.1 cm³/mol. The van der Waals surface area contributed by atoms with Gasteiger partial charge in [0.05, 0.1) is 18.7 Å². The Morgan fingerprint density at radius 2 is 1.82 bits per heavy atom. The Balaban J connectivity index is 2.02. The number of nitrogens with zero attached hydrogens (tertiary/aromatic N) is 1. The Hall–Kier alpha value is -2.33. The molecular weight excluding hydrogens is 302 g/mol. The molecule has 0 unspecified atom stereocenters. The van der Waals surface area contributed by atoms with E-state index < -0.39 is 12.1 Å². The Bertz CT molecular complexity index is 698. The first-order valence-electron chi connectivity index (χ1n) is 6.83. The molecule has 4 nitrogen and oxygen atoms in total. The summed E-state index contributed by atoms with van der Waals surface area (Å²) in [5.41, 5.74) is 2.51. The van der Waals surface area contributed by atoms with Crippen molar-refractivity contribution in [2.75, 3.05) is 7.11 Å². The van der Waals surface area contributed by atoms with E-state index in [1.807, 2.05) is 42.5 Å². The number of hydrogen-bond acceptors (Lipinski definition) is 4. The quantitative estimate of drug-likeness (QED) is 0.816. The molecule has 0 aromatic heterocycles. The van der Waals surface area contributed by atoms with E-state index in [2.05, 4.69) is 5.16 Å². The summed E-state index contributed by atoms with van der Waals surface area (Å²) >= 11 is 5.93. The maximum atomic E-state index is 12.0. The molecule has 0 aliphatic carbocycles. The molecular formula is C17H14ClNO3. The highest BCUT2D eigenvalue weighted by molar-refractivity contribution is 6.30. The number of esters is 1. The van der Waals surface area contributed by atoms with E-state index in [4.69, 9.17) is 21.2 Å². The third-order valence-electron chi connectivity index (χ3n) is 3.59. The Kier molecular flexibility index (Phi) is 4.11. The van der Waals surface area contributed by atoms with Crippen LogP contribution in [0.3, 0.4) is 0 Å². The zero-order chi connectivity index (χ0) is 15.5. The van der Waals surface area contributed by atoms with Gasteiger partial charge in [-0.15, -0.1) is 0 Å². The average Bonchev–Trinajstić information content (AvgIpc) is 3.00. The fraction of sp³-hybridized carbons (Fsp3) is 0.176. The van der Waals surface area contributed by atoms with Crippen molar-refractivity contribution in [1.29, 1.82) is 0 Å². The zero-order valence-electron chi connectivity index (χ0n) is 11.9. The van der Waals surface area contributed by atoms with Gasteiger partial charge in [0.15, 0.2) is 0 Å². The molecule has 2 aromatic rings. The van der Waals surface area contributed by atoms with Crippen LogP contribution in [0.5, 0.6) is 0 Å². The smallest absolute Gasteiger partial charge is 0.351 e. The molecule has 0 saturated heterocycles. The van der Waals surface area contributed by atoms with Gasteiger partial charge in [0.25, 0.3) is 0 Å². The van der Waals surface area contributed by atoms with E-state index in [9.17, 15) is 4.79 Å². The third kappa shape index (κ3) is 2.70. The van der Waals surface area contributed by atoms with Crippen LogP contribution in [-0.2, 0) is 14.4 Å². The first kappa shape index (κ1) is 14.6. The number of rotatable bonds is 3. The summed E-state index contributed by atoms with van der Waals surface area (Å²) in [6.07, 6.45) is -0.780. The molecule has 0 saturated carbocycles. The van der Waals surface area contributed by atoms with E-state index in [1.54, 1.807) is 12.1 Å². The van der Waals surface area contributed by atoms with Crippen LogP contribution in [0.2, 0.25) is 5.02 Å². The van der Waals surface area contributed by atoms with Crippen LogP contribution < -0.4 is 0 Å². The van der Waals surface area contributed by atoms with Crippen molar-refractivity contribution in [3.63, 3.8) is 0 Å². The molecule has 0 amide bonds. The lowest BCUT2D eigenvalue weighted by molar-refractivity contribution is -0.153. The molecule has 22 heavy (non-hydrogen) atoms. The van der Waals surface area contributed by atoms with E-state index >= 15 is 0 Å². The fourth-order valence-electron chi connectivity index (χ4n) is 2.52. The number of ether oxygens (including phenoxy) is 1. The van der Waals surface area contributed by atoms with Gasteiger partial charge in [-0.2, -0.15) is 0 Å². The van der Waals surface area contributed by atoms with E-state index in [0.29, 0.717) is 10.7 Å². The number of benzene rings is 2. The molecule has 1 aliphatic rings. The first-order valence-corrected chi connectivity index (χ1v) is 7.21. The normalized spacial score (nSPS) is 20.2. The van der Waals surface area contributed by atoms with Gasteiger partial charge >= 0.3 is 5.97 Å². The number of carbonyl (C=O) groups excluding carboxylic acids is 1. The molecule has 1 aliphatic heterocycles. The number of carbonyl (C=O) groups is 1. The molecule has 3 rings (SSSR count). The molecule has 0 bridgehead atoms. The monoisotopic (exact) mass is 315 g/mol. The molecule has 0 fully saturated rings. The van der Waals surface area contributed by atoms with Crippen LogP contribution in [-0.4, -0.2) is 24.9 Å². The van der Waals surface area contributed by atoms with Crippen molar-refractivity contribution in [3.8, 4) is 0 Å². The Morgan fingerprint density at radius 3 is 2.45 bits per heavy atom. The first-order chi connectivity index (χ1) is 10.7. The second-order valence-corrected chi connectivity index (χ2v) is 5.36. The summed E-state index contributed by atoms with van der Waals surface area (Å²) in [6, 6.07) is 16.9. The number of hydrogen-bond donors (Lipinski definition) is 0. The molecule has 2 atom stereocenters. The van der Waals surface area contributed by atoms with E-state index in [-0.39, 0.29) is 5.92 Å². The average molecular weight is 316 g/mol. The lowest BCUT2D eigenvalue weighted by atomic mass is 9.86. The summed E-state index contributed by atoms with van der Waals surface area (Å²) in [4.78, 5) is 17.3. The van der Waals surface area contributed by atoms with Gasteiger partial charge in [-0.25, -0.2) is 4.79 Å². The van der Waals surface area contributed by atoms with Crippen LogP contribution in [0.4, 0.5) is 0 Å². The predicted octanol–water partition coefficient (Wildman–Crippen LogP) is 3.40. The SMILES string of the molecule is COC(=O)[C@H]1ON=C(c2ccc(Cl)cc2)[C@@H]1c1ccccc1. The Labute approximate surface area is 133 Å². The van der Waals surface area contributed by atoms with Crippen molar-refractivity contribution in [2.45, 2.75) is 12.0 Å². The van der Waals surface area contributed by atoms with Gasteiger partial charge in [0.1, 0.15) is 0 Å². The van der Waals surface area contributed by atoms with Crippen molar-refractivity contribution in [2.24, 2.45) is 5.16 Å². The lowest BCUT2D eigenvalue weighted by Crippen LogP contribution is -2.30. The van der Waals surface area contributed by atoms with Crippen molar-refractivity contribution in [3.05, 3.63) is 70.7 Å². The van der Waals surface area contributed by atoms with Gasteiger partial charge in [-0.1, -0.05) is 59.2 Å². The maximum Gasteiger partial charge on any atom is 0.351 e. The standard InChI is InChI=1S/C17H14ClNO3/c1-21-17(20)16-14(11-5-3-2-4-6-11)15(19-22-16)12-7-9-13(18)10-8-12/h2-10,14,16H,1H3/t14-,16-/m0/s1. The van der Waals surface area contributed by atoms with Gasteiger partial charge in [-0.05, 0) is 17.7 Å². The molecule has 1 heterocycles. The van der Waals surface area contributed by atoms with E-state index in [1.165, 1.54) is 7.11 Å². The molecule has 112 valence electrons. The number of methoxy groups -OCH3 is 1. The summed E-state index contributed by atoms with van der Waals surface area (Å²) in [5, 5.41) is 4.76. The summed E-state index contributed by atoms with van der Waals surface area (Å²) in [7, 11) is 1.34. The van der Waals surface area contributed by atoms with Gasteiger partial charge in [-0.3, -0.25) is 0 Å². The van der Waals surface area contributed by atoms with E-state index in [0.717, 1.165) is 11.1 Å². The van der Waals surface area contributed by atoms with Crippen LogP contribution in [0.15, 0.2) is 59.8 Å². The maximum absolute atomic E-state index is 12.0. The second kappa shape index (κ2) is 6.20.